The molecule has 13 heteroatoms. The summed E-state index contributed by atoms with van der Waals surface area (Å²) >= 11 is 0. The van der Waals surface area contributed by atoms with E-state index in [4.69, 9.17) is 26.6 Å². The Labute approximate surface area is 298 Å². The number of benzene rings is 4. The van der Waals surface area contributed by atoms with Crippen molar-refractivity contribution in [2.75, 3.05) is 0 Å². The van der Waals surface area contributed by atoms with Gasteiger partial charge in [0.1, 0.15) is 38.6 Å². The first kappa shape index (κ1) is 31.7. The molecule has 4 N–H and O–H groups in total. The Kier molecular flexibility index (Phi) is 6.95. The normalized spacial score (nSPS) is 23.7. The van der Waals surface area contributed by atoms with Gasteiger partial charge in [0.2, 0.25) is 0 Å². The highest BCUT2D eigenvalue weighted by molar-refractivity contribution is 5.88. The number of rotatable bonds is 8. The second-order valence-electron chi connectivity index (χ2n) is 14.1. The molecule has 4 unspecified atom stereocenters. The van der Waals surface area contributed by atoms with Gasteiger partial charge >= 0.3 is 0 Å². The van der Waals surface area contributed by atoms with Crippen molar-refractivity contribution in [2.24, 2.45) is 5.92 Å². The molecule has 1 aliphatic carbocycles. The van der Waals surface area contributed by atoms with Crippen molar-refractivity contribution in [1.82, 2.24) is 61.6 Å². The highest BCUT2D eigenvalue weighted by Crippen LogP contribution is 2.70. The number of ether oxygens (including phenoxy) is 1. The first-order valence-corrected chi connectivity index (χ1v) is 17.5. The zero-order valence-corrected chi connectivity index (χ0v) is 29.6. The van der Waals surface area contributed by atoms with E-state index in [9.17, 15) is 0 Å². The minimum atomic E-state index is -1.35. The van der Waals surface area contributed by atoms with Gasteiger partial charge in [-0.15, -0.1) is 0 Å². The van der Waals surface area contributed by atoms with Crippen LogP contribution in [-0.2, 0) is 16.4 Å². The monoisotopic (exact) mass is 690 g/mol. The molecule has 0 bridgehead atoms. The van der Waals surface area contributed by atoms with Crippen molar-refractivity contribution >= 4 is 44.1 Å². The van der Waals surface area contributed by atoms with Gasteiger partial charge in [-0.3, -0.25) is 0 Å². The summed E-state index contributed by atoms with van der Waals surface area (Å²) in [5, 5.41) is 48.9. The summed E-state index contributed by atoms with van der Waals surface area (Å²) in [6.45, 7) is 16.3. The number of hydrogen-bond acceptors (Lipinski definition) is 9. The third-order valence-corrected chi connectivity index (χ3v) is 12.0. The number of aromatic amines is 4. The molecule has 260 valence electrons. The maximum Gasteiger partial charge on any atom is 0.172 e. The fraction of sp³-hybridized carbons (Fsp3) is 0.282. The third-order valence-electron chi connectivity index (χ3n) is 12.0. The van der Waals surface area contributed by atoms with E-state index in [1.807, 2.05) is 48.5 Å². The molecule has 0 aliphatic heterocycles. The van der Waals surface area contributed by atoms with E-state index in [1.165, 1.54) is 0 Å². The molecule has 4 heterocycles. The smallest absolute Gasteiger partial charge is 0.172 e. The lowest BCUT2D eigenvalue weighted by molar-refractivity contribution is -0.0350. The molecule has 0 fully saturated rings. The summed E-state index contributed by atoms with van der Waals surface area (Å²) in [5.41, 5.74) is 8.19. The Balaban J connectivity index is 1.58. The maximum atomic E-state index is 7.96. The van der Waals surface area contributed by atoms with Crippen LogP contribution in [0, 0.1) is 5.92 Å². The molecule has 0 amide bonds. The zero-order chi connectivity index (χ0) is 35.8. The number of H-pyrrole nitrogens is 4. The number of nitrogens with one attached hydrogen (secondary N) is 4. The molecule has 4 aromatic carbocycles. The van der Waals surface area contributed by atoms with Crippen molar-refractivity contribution in [1.29, 1.82) is 0 Å². The van der Waals surface area contributed by atoms with Crippen LogP contribution in [0.1, 0.15) is 64.2 Å². The molecular formula is C39H38N12O. The Morgan fingerprint density at radius 1 is 0.654 bits per heavy atom. The maximum absolute atomic E-state index is 7.96. The Bertz CT molecular complexity index is 2700. The van der Waals surface area contributed by atoms with Crippen LogP contribution in [0.5, 0.6) is 5.75 Å². The fourth-order valence-electron chi connectivity index (χ4n) is 9.52. The van der Waals surface area contributed by atoms with E-state index in [2.05, 4.69) is 105 Å². The number of fused-ring (bicyclic) bond motifs is 4. The minimum absolute atomic E-state index is 0.0818. The van der Waals surface area contributed by atoms with E-state index < -0.39 is 16.4 Å². The minimum Gasteiger partial charge on any atom is -0.474 e. The summed E-state index contributed by atoms with van der Waals surface area (Å²) in [7, 11) is 0. The Morgan fingerprint density at radius 2 is 1.12 bits per heavy atom. The van der Waals surface area contributed by atoms with Gasteiger partial charge in [0, 0.05) is 11.0 Å². The number of allylic oxidation sites excluding steroid dienone is 1. The zero-order valence-electron chi connectivity index (χ0n) is 29.6. The molecule has 0 radical (unpaired) electrons. The van der Waals surface area contributed by atoms with Crippen LogP contribution in [0.25, 0.3) is 44.1 Å². The summed E-state index contributed by atoms with van der Waals surface area (Å²) in [6.07, 6.45) is 1.50. The van der Waals surface area contributed by atoms with Gasteiger partial charge in [-0.25, -0.2) is 0 Å². The van der Waals surface area contributed by atoms with Gasteiger partial charge in [-0.2, -0.15) is 61.6 Å². The average Bonchev–Trinajstić information content (AvgIpc) is 4.00. The first-order chi connectivity index (χ1) is 25.3. The lowest BCUT2D eigenvalue weighted by Crippen LogP contribution is -2.69. The molecule has 1 aliphatic rings. The van der Waals surface area contributed by atoms with E-state index in [1.54, 1.807) is 0 Å². The molecule has 8 aromatic rings. The standard InChI is InChI=1S/C39H38N12O/c1-7-12-21(2)38(26-14-9-17-29-34(26)45-49-41-29)37(6,25-13-8-16-28-33(25)44-48-40-28)23(4)22(3)24(5)39(38,27-15-10-18-30-35(27)46-50-42-30)52-32-20-11-19-31-36(32)47-51-43-31/h8-11,13-20,23H,2,7,12H2,1,3-6H3,(H,40,44,48)(H,41,45,49)(H,42,46,50)(H,43,47,51). The molecule has 0 saturated heterocycles. The van der Waals surface area contributed by atoms with E-state index in [0.29, 0.717) is 34.2 Å². The van der Waals surface area contributed by atoms with Gasteiger partial charge in [-0.05, 0) is 73.2 Å². The molecule has 0 spiro atoms. The summed E-state index contributed by atoms with van der Waals surface area (Å²) in [5.74, 6) is 0.470. The van der Waals surface area contributed by atoms with Crippen LogP contribution in [0.3, 0.4) is 0 Å². The van der Waals surface area contributed by atoms with Gasteiger partial charge in [-0.1, -0.05) is 87.4 Å². The average molecular weight is 691 g/mol. The largest absolute Gasteiger partial charge is 0.474 e. The van der Waals surface area contributed by atoms with Crippen molar-refractivity contribution in [3.8, 4) is 5.75 Å². The van der Waals surface area contributed by atoms with Crippen LogP contribution >= 0.6 is 0 Å². The predicted molar refractivity (Wildman–Crippen MR) is 198 cm³/mol. The van der Waals surface area contributed by atoms with Gasteiger partial charge in [0.05, 0.1) is 5.41 Å². The highest BCUT2D eigenvalue weighted by atomic mass is 16.5. The molecule has 0 saturated carbocycles. The lowest BCUT2D eigenvalue weighted by atomic mass is 9.38. The van der Waals surface area contributed by atoms with Crippen molar-refractivity contribution < 1.29 is 4.74 Å². The Morgan fingerprint density at radius 3 is 1.69 bits per heavy atom. The van der Waals surface area contributed by atoms with Crippen LogP contribution in [-0.4, -0.2) is 61.6 Å². The van der Waals surface area contributed by atoms with Gasteiger partial charge in [0.15, 0.2) is 16.9 Å². The second-order valence-corrected chi connectivity index (χ2v) is 14.1. The predicted octanol–water partition coefficient (Wildman–Crippen LogP) is 7.28. The third kappa shape index (κ3) is 3.87. The van der Waals surface area contributed by atoms with E-state index in [-0.39, 0.29) is 5.92 Å². The number of para-hydroxylation sites is 4. The van der Waals surface area contributed by atoms with Crippen LogP contribution in [0.2, 0.25) is 0 Å². The highest BCUT2D eigenvalue weighted by Gasteiger charge is 2.72. The SMILES string of the molecule is C=C(CCC)C1(c2cccc3n[nH]nc23)C(Oc2cccc3n[nH]nc23)(c2cccc3n[nH]nc23)C(C)=C(C)C(C)C1(C)c1cccc2n[nH]nc12. The lowest BCUT2D eigenvalue weighted by Gasteiger charge is -2.65. The number of nitrogens with zero attached hydrogens (tertiary/aromatic N) is 8. The Hall–Kier alpha value is -6.24. The van der Waals surface area contributed by atoms with Gasteiger partial charge in [0.25, 0.3) is 0 Å². The molecule has 9 rings (SSSR count). The van der Waals surface area contributed by atoms with Crippen molar-refractivity contribution in [3.63, 3.8) is 0 Å². The summed E-state index contributed by atoms with van der Waals surface area (Å²) in [6, 6.07) is 24.3. The van der Waals surface area contributed by atoms with Crippen molar-refractivity contribution in [3.05, 3.63) is 113 Å². The molecular weight excluding hydrogens is 653 g/mol. The first-order valence-electron chi connectivity index (χ1n) is 17.5. The van der Waals surface area contributed by atoms with E-state index >= 15 is 0 Å². The summed E-state index contributed by atoms with van der Waals surface area (Å²) < 4.78 is 7.96. The van der Waals surface area contributed by atoms with Crippen LogP contribution < -0.4 is 4.74 Å². The summed E-state index contributed by atoms with van der Waals surface area (Å²) in [4.78, 5) is 0. The second kappa shape index (κ2) is 11.4. The van der Waals surface area contributed by atoms with E-state index in [0.717, 1.165) is 61.9 Å². The molecule has 4 atom stereocenters. The molecule has 13 nitrogen and oxygen atoms in total. The van der Waals surface area contributed by atoms with Crippen LogP contribution in [0.4, 0.5) is 0 Å². The molecule has 52 heavy (non-hydrogen) atoms. The number of aromatic nitrogens is 12. The topological polar surface area (TPSA) is 176 Å². The van der Waals surface area contributed by atoms with Crippen LogP contribution in [0.15, 0.2) is 96.1 Å². The van der Waals surface area contributed by atoms with Crippen molar-refractivity contribution in [2.45, 2.75) is 63.9 Å². The van der Waals surface area contributed by atoms with Gasteiger partial charge < -0.3 is 4.74 Å². The fourth-order valence-corrected chi connectivity index (χ4v) is 9.52. The number of hydrogen-bond donors (Lipinski definition) is 4. The molecule has 4 aromatic heterocycles. The quantitative estimate of drug-likeness (QED) is 0.119.